The van der Waals surface area contributed by atoms with E-state index in [2.05, 4.69) is 16.2 Å². The molecule has 0 aliphatic heterocycles. The number of alkyl carbamates (subject to hydrolysis) is 1. The molecule has 3 amide bonds. The third-order valence-electron chi connectivity index (χ3n) is 3.07. The topological polar surface area (TPSA) is 96.5 Å². The van der Waals surface area contributed by atoms with Crippen LogP contribution < -0.4 is 16.2 Å². The maximum absolute atomic E-state index is 11.6. The molecule has 1 saturated carbocycles. The summed E-state index contributed by atoms with van der Waals surface area (Å²) >= 11 is 0. The monoisotopic (exact) mass is 285 g/mol. The number of carbonyl (C=O) groups excluding carboxylic acids is 3. The van der Waals surface area contributed by atoms with Crippen LogP contribution in [0.4, 0.5) is 4.79 Å². The summed E-state index contributed by atoms with van der Waals surface area (Å²) < 4.78 is 5.19. The zero-order chi connectivity index (χ0) is 15.2. The number of hydrogen-bond acceptors (Lipinski definition) is 4. The fourth-order valence-electron chi connectivity index (χ4n) is 2.18. The van der Waals surface area contributed by atoms with E-state index in [0.29, 0.717) is 19.3 Å². The van der Waals surface area contributed by atoms with Gasteiger partial charge in [-0.2, -0.15) is 0 Å². The second-order valence-electron chi connectivity index (χ2n) is 5.95. The highest BCUT2D eigenvalue weighted by Crippen LogP contribution is 2.24. The summed E-state index contributed by atoms with van der Waals surface area (Å²) in [5, 5.41) is 2.81. The van der Waals surface area contributed by atoms with Gasteiger partial charge in [0.2, 0.25) is 12.3 Å². The van der Waals surface area contributed by atoms with Gasteiger partial charge in [0.15, 0.2) is 0 Å². The molecule has 0 heterocycles. The molecular weight excluding hydrogens is 262 g/mol. The van der Waals surface area contributed by atoms with Gasteiger partial charge >= 0.3 is 6.09 Å². The van der Waals surface area contributed by atoms with E-state index in [-0.39, 0.29) is 17.9 Å². The normalized spacial score (nSPS) is 22.6. The predicted octanol–water partition coefficient (Wildman–Crippen LogP) is 0.847. The first-order valence-electron chi connectivity index (χ1n) is 6.80. The smallest absolute Gasteiger partial charge is 0.407 e. The fraction of sp³-hybridized carbons (Fsp3) is 0.769. The number of nitrogens with one attached hydrogen (secondary N) is 3. The molecule has 1 rings (SSSR count). The first-order chi connectivity index (χ1) is 9.31. The van der Waals surface area contributed by atoms with Crippen LogP contribution in [-0.2, 0) is 14.3 Å². The molecule has 0 aromatic carbocycles. The minimum atomic E-state index is -0.512. The summed E-state index contributed by atoms with van der Waals surface area (Å²) in [6.45, 7) is 5.44. The average Bonchev–Trinajstić information content (AvgIpc) is 2.34. The van der Waals surface area contributed by atoms with E-state index in [1.807, 2.05) is 20.8 Å². The molecule has 114 valence electrons. The second-order valence-corrected chi connectivity index (χ2v) is 5.95. The van der Waals surface area contributed by atoms with E-state index in [4.69, 9.17) is 4.74 Å². The van der Waals surface area contributed by atoms with Crippen LogP contribution in [0, 0.1) is 5.92 Å². The van der Waals surface area contributed by atoms with Crippen LogP contribution in [0.2, 0.25) is 0 Å². The Hall–Kier alpha value is -1.79. The molecule has 7 nitrogen and oxygen atoms in total. The van der Waals surface area contributed by atoms with Gasteiger partial charge in [-0.1, -0.05) is 0 Å². The van der Waals surface area contributed by atoms with E-state index < -0.39 is 11.7 Å². The number of rotatable bonds is 4. The van der Waals surface area contributed by atoms with Crippen LogP contribution in [0.25, 0.3) is 0 Å². The molecule has 0 unspecified atom stereocenters. The summed E-state index contributed by atoms with van der Waals surface area (Å²) in [5.41, 5.74) is 3.95. The van der Waals surface area contributed by atoms with Crippen molar-refractivity contribution in [3.8, 4) is 0 Å². The van der Waals surface area contributed by atoms with Gasteiger partial charge in [0.1, 0.15) is 5.60 Å². The molecule has 0 atom stereocenters. The summed E-state index contributed by atoms with van der Waals surface area (Å²) in [7, 11) is 0. The van der Waals surface area contributed by atoms with Crippen LogP contribution in [-0.4, -0.2) is 30.1 Å². The highest BCUT2D eigenvalue weighted by Gasteiger charge is 2.28. The number of hydrazine groups is 1. The quantitative estimate of drug-likeness (QED) is 0.527. The first kappa shape index (κ1) is 16.3. The van der Waals surface area contributed by atoms with Crippen molar-refractivity contribution in [1.82, 2.24) is 16.2 Å². The summed E-state index contributed by atoms with van der Waals surface area (Å²) in [4.78, 5) is 33.3. The van der Waals surface area contributed by atoms with Crippen molar-refractivity contribution in [3.05, 3.63) is 0 Å². The van der Waals surface area contributed by atoms with E-state index >= 15 is 0 Å². The molecule has 1 aliphatic carbocycles. The number of carbonyl (C=O) groups is 3. The standard InChI is InChI=1S/C13H23N3O4/c1-13(2,3)20-12(19)15-10-6-4-9(5-7-10)11(18)16-14-8-17/h8-10H,4-7H2,1-3H3,(H,14,17)(H,15,19)(H,16,18). The second kappa shape index (κ2) is 7.12. The summed E-state index contributed by atoms with van der Waals surface area (Å²) in [5.74, 6) is -0.313. The predicted molar refractivity (Wildman–Crippen MR) is 72.5 cm³/mol. The fourth-order valence-corrected chi connectivity index (χ4v) is 2.18. The lowest BCUT2D eigenvalue weighted by molar-refractivity contribution is -0.129. The molecule has 0 spiro atoms. The van der Waals surface area contributed by atoms with E-state index in [1.165, 1.54) is 0 Å². The van der Waals surface area contributed by atoms with Gasteiger partial charge in [0.25, 0.3) is 0 Å². The molecule has 3 N–H and O–H groups in total. The van der Waals surface area contributed by atoms with Crippen molar-refractivity contribution in [2.45, 2.75) is 58.1 Å². The molecule has 1 fully saturated rings. The van der Waals surface area contributed by atoms with Gasteiger partial charge in [-0.05, 0) is 46.5 Å². The summed E-state index contributed by atoms with van der Waals surface area (Å²) in [6, 6.07) is 0.0351. The van der Waals surface area contributed by atoms with Crippen molar-refractivity contribution in [1.29, 1.82) is 0 Å². The van der Waals surface area contributed by atoms with E-state index in [1.54, 1.807) is 0 Å². The highest BCUT2D eigenvalue weighted by molar-refractivity contribution is 5.79. The Bertz CT molecular complexity index is 357. The molecule has 7 heteroatoms. The molecule has 0 bridgehead atoms. The van der Waals surface area contributed by atoms with E-state index in [0.717, 1.165) is 12.8 Å². The minimum absolute atomic E-state index is 0.0351. The number of ether oxygens (including phenoxy) is 1. The molecule has 20 heavy (non-hydrogen) atoms. The highest BCUT2D eigenvalue weighted by atomic mass is 16.6. The van der Waals surface area contributed by atoms with Crippen LogP contribution in [0.3, 0.4) is 0 Å². The average molecular weight is 285 g/mol. The Kier molecular flexibility index (Phi) is 5.79. The largest absolute Gasteiger partial charge is 0.444 e. The van der Waals surface area contributed by atoms with Crippen molar-refractivity contribution in [2.75, 3.05) is 0 Å². The molecular formula is C13H23N3O4. The van der Waals surface area contributed by atoms with Gasteiger partial charge in [0, 0.05) is 12.0 Å². The number of hydrogen-bond donors (Lipinski definition) is 3. The van der Waals surface area contributed by atoms with Crippen LogP contribution in [0.15, 0.2) is 0 Å². The third kappa shape index (κ3) is 5.90. The van der Waals surface area contributed by atoms with Crippen molar-refractivity contribution < 1.29 is 19.1 Å². The van der Waals surface area contributed by atoms with Gasteiger partial charge in [-0.25, -0.2) is 4.79 Å². The van der Waals surface area contributed by atoms with Gasteiger partial charge < -0.3 is 10.1 Å². The van der Waals surface area contributed by atoms with Crippen LogP contribution >= 0.6 is 0 Å². The Morgan fingerprint density at radius 2 is 1.75 bits per heavy atom. The zero-order valence-corrected chi connectivity index (χ0v) is 12.2. The van der Waals surface area contributed by atoms with Crippen molar-refractivity contribution in [3.63, 3.8) is 0 Å². The SMILES string of the molecule is CC(C)(C)OC(=O)NC1CCC(C(=O)NNC=O)CC1. The molecule has 0 aromatic rings. The lowest BCUT2D eigenvalue weighted by Crippen LogP contribution is -2.45. The van der Waals surface area contributed by atoms with E-state index in [9.17, 15) is 14.4 Å². The lowest BCUT2D eigenvalue weighted by Gasteiger charge is -2.29. The zero-order valence-electron chi connectivity index (χ0n) is 12.2. The van der Waals surface area contributed by atoms with Crippen LogP contribution in [0.1, 0.15) is 46.5 Å². The van der Waals surface area contributed by atoms with Crippen LogP contribution in [0.5, 0.6) is 0 Å². The Labute approximate surface area is 118 Å². The number of amides is 3. The minimum Gasteiger partial charge on any atom is -0.444 e. The molecule has 1 aliphatic rings. The molecule has 0 aromatic heterocycles. The van der Waals surface area contributed by atoms with Gasteiger partial charge in [-0.15, -0.1) is 0 Å². The van der Waals surface area contributed by atoms with Crippen molar-refractivity contribution in [2.24, 2.45) is 5.92 Å². The third-order valence-corrected chi connectivity index (χ3v) is 3.07. The Morgan fingerprint density at radius 1 is 1.15 bits per heavy atom. The Morgan fingerprint density at radius 3 is 2.25 bits per heavy atom. The summed E-state index contributed by atoms with van der Waals surface area (Å²) in [6.07, 6.45) is 2.79. The van der Waals surface area contributed by atoms with Gasteiger partial charge in [0.05, 0.1) is 0 Å². The maximum atomic E-state index is 11.6. The maximum Gasteiger partial charge on any atom is 0.407 e. The lowest BCUT2D eigenvalue weighted by atomic mass is 9.85. The van der Waals surface area contributed by atoms with Crippen molar-refractivity contribution >= 4 is 18.4 Å². The van der Waals surface area contributed by atoms with Gasteiger partial charge in [-0.3, -0.25) is 20.4 Å². The molecule has 0 radical (unpaired) electrons. The molecule has 0 saturated heterocycles. The first-order valence-corrected chi connectivity index (χ1v) is 6.80. The Balaban J connectivity index is 2.30.